The summed E-state index contributed by atoms with van der Waals surface area (Å²) in [6.07, 6.45) is -0.121. The summed E-state index contributed by atoms with van der Waals surface area (Å²) in [5, 5.41) is 20.8. The van der Waals surface area contributed by atoms with Crippen LogP contribution in [0.25, 0.3) is 28.3 Å². The van der Waals surface area contributed by atoms with E-state index in [4.69, 9.17) is 4.42 Å². The number of rotatable bonds is 5. The van der Waals surface area contributed by atoms with Gasteiger partial charge < -0.3 is 14.6 Å². The van der Waals surface area contributed by atoms with Crippen molar-refractivity contribution in [1.29, 1.82) is 0 Å². The van der Waals surface area contributed by atoms with Crippen LogP contribution in [0.2, 0.25) is 0 Å². The van der Waals surface area contributed by atoms with E-state index >= 15 is 0 Å². The highest BCUT2D eigenvalue weighted by atomic mass is 19.1. The van der Waals surface area contributed by atoms with Gasteiger partial charge in [-0.05, 0) is 69.2 Å². The Balaban J connectivity index is 1.97. The fraction of sp³-hybridized carbons (Fsp3) is 0.231. The van der Waals surface area contributed by atoms with Gasteiger partial charge in [0.05, 0.1) is 16.9 Å². The van der Waals surface area contributed by atoms with Gasteiger partial charge in [-0.25, -0.2) is 18.2 Å². The maximum Gasteiger partial charge on any atom is 0.255 e. The normalized spacial score (nSPS) is 12.7. The van der Waals surface area contributed by atoms with Crippen molar-refractivity contribution >= 4 is 0 Å². The molecule has 182 valence electrons. The minimum absolute atomic E-state index is 0.0555. The van der Waals surface area contributed by atoms with Crippen LogP contribution >= 0.6 is 0 Å². The lowest BCUT2D eigenvalue weighted by atomic mass is 10.0. The lowest BCUT2D eigenvalue weighted by molar-refractivity contribution is -0.0617. The van der Waals surface area contributed by atoms with Crippen LogP contribution in [0.1, 0.15) is 37.0 Å². The molecule has 0 saturated heterocycles. The first kappa shape index (κ1) is 24.4. The Kier molecular flexibility index (Phi) is 6.16. The van der Waals surface area contributed by atoms with Crippen LogP contribution in [-0.4, -0.2) is 25.4 Å². The van der Waals surface area contributed by atoms with Crippen molar-refractivity contribution in [3.63, 3.8) is 0 Å². The maximum absolute atomic E-state index is 14.7. The molecule has 0 fully saturated rings. The third-order valence-electron chi connectivity index (χ3n) is 5.60. The van der Waals surface area contributed by atoms with E-state index < -0.39 is 34.7 Å². The zero-order valence-electron chi connectivity index (χ0n) is 19.4. The molecule has 6 nitrogen and oxygen atoms in total. The second kappa shape index (κ2) is 8.83. The Labute approximate surface area is 198 Å². The molecular weight excluding hydrogens is 461 g/mol. The van der Waals surface area contributed by atoms with E-state index in [2.05, 4.69) is 4.98 Å². The molecule has 0 saturated carbocycles. The molecule has 2 aromatic heterocycles. The summed E-state index contributed by atoms with van der Waals surface area (Å²) in [6.45, 7) is 6.02. The van der Waals surface area contributed by atoms with Crippen LogP contribution in [0.15, 0.2) is 57.9 Å². The van der Waals surface area contributed by atoms with Gasteiger partial charge in [-0.3, -0.25) is 9.36 Å². The van der Waals surface area contributed by atoms with E-state index in [0.29, 0.717) is 28.4 Å². The molecule has 2 heterocycles. The SMILES string of the molecule is Cc1cc(F)cc(C)c1-n1cc(-c2nc(C(O)C(C)(C)O)oc2-c2ccc(F)cc2F)ccc1=O. The number of aromatic nitrogens is 2. The average molecular weight is 484 g/mol. The van der Waals surface area contributed by atoms with Crippen molar-refractivity contribution < 1.29 is 27.8 Å². The van der Waals surface area contributed by atoms with Crippen molar-refractivity contribution in [3.05, 3.63) is 93.5 Å². The topological polar surface area (TPSA) is 88.5 Å². The number of hydrogen-bond donors (Lipinski definition) is 2. The van der Waals surface area contributed by atoms with Gasteiger partial charge in [-0.1, -0.05) is 0 Å². The third-order valence-corrected chi connectivity index (χ3v) is 5.60. The average Bonchev–Trinajstić information content (AvgIpc) is 3.18. The van der Waals surface area contributed by atoms with Crippen molar-refractivity contribution in [2.75, 3.05) is 0 Å². The van der Waals surface area contributed by atoms with Crippen molar-refractivity contribution in [2.24, 2.45) is 0 Å². The van der Waals surface area contributed by atoms with Crippen LogP contribution in [0, 0.1) is 31.3 Å². The highest BCUT2D eigenvalue weighted by Gasteiger charge is 2.33. The molecule has 0 aliphatic heterocycles. The van der Waals surface area contributed by atoms with Gasteiger partial charge in [0.1, 0.15) is 23.1 Å². The number of aliphatic hydroxyl groups excluding tert-OH is 1. The highest BCUT2D eigenvalue weighted by molar-refractivity contribution is 5.77. The molecular formula is C26H23F3N2O4. The third kappa shape index (κ3) is 4.65. The van der Waals surface area contributed by atoms with Crippen LogP contribution in [0.3, 0.4) is 0 Å². The van der Waals surface area contributed by atoms with E-state index in [1.54, 1.807) is 13.8 Å². The molecule has 2 aromatic carbocycles. The predicted molar refractivity (Wildman–Crippen MR) is 124 cm³/mol. The molecule has 0 spiro atoms. The Morgan fingerprint density at radius 1 is 1.00 bits per heavy atom. The van der Waals surface area contributed by atoms with Crippen molar-refractivity contribution in [3.8, 4) is 28.3 Å². The standard InChI is InChI=1S/C26H23F3N2O4/c1-13-9-17(28)10-14(2)22(13)31-12-15(5-8-20(31)32)21-23(18-7-6-16(27)11-19(18)29)35-25(30-21)24(33)26(3,4)34/h5-12,24,33-34H,1-4H3. The molecule has 9 heteroatoms. The molecule has 0 aliphatic rings. The number of aryl methyl sites for hydroxylation is 2. The lowest BCUT2D eigenvalue weighted by Crippen LogP contribution is -2.28. The van der Waals surface area contributed by atoms with E-state index in [-0.39, 0.29) is 22.9 Å². The Bertz CT molecular complexity index is 1460. The van der Waals surface area contributed by atoms with Gasteiger partial charge >= 0.3 is 0 Å². The largest absolute Gasteiger partial charge is 0.437 e. The van der Waals surface area contributed by atoms with E-state index in [0.717, 1.165) is 6.07 Å². The van der Waals surface area contributed by atoms with Gasteiger partial charge in [-0.2, -0.15) is 0 Å². The molecule has 0 radical (unpaired) electrons. The zero-order chi connectivity index (χ0) is 25.7. The first-order valence-corrected chi connectivity index (χ1v) is 10.7. The summed E-state index contributed by atoms with van der Waals surface area (Å²) in [7, 11) is 0. The highest BCUT2D eigenvalue weighted by Crippen LogP contribution is 2.37. The van der Waals surface area contributed by atoms with Crippen molar-refractivity contribution in [1.82, 2.24) is 9.55 Å². The number of pyridine rings is 1. The van der Waals surface area contributed by atoms with Crippen molar-refractivity contribution in [2.45, 2.75) is 39.4 Å². The first-order chi connectivity index (χ1) is 16.4. The number of halogens is 3. The number of nitrogens with zero attached hydrogens (tertiary/aromatic N) is 2. The molecule has 0 amide bonds. The maximum atomic E-state index is 14.7. The molecule has 1 atom stereocenters. The summed E-state index contributed by atoms with van der Waals surface area (Å²) in [5.74, 6) is -2.58. The number of hydrogen-bond acceptors (Lipinski definition) is 5. The first-order valence-electron chi connectivity index (χ1n) is 10.7. The van der Waals surface area contributed by atoms with Gasteiger partial charge in [0.25, 0.3) is 5.56 Å². The molecule has 0 aliphatic carbocycles. The van der Waals surface area contributed by atoms with Crippen LogP contribution < -0.4 is 5.56 Å². The quantitative estimate of drug-likeness (QED) is 0.416. The van der Waals surface area contributed by atoms with E-state index in [9.17, 15) is 28.2 Å². The Morgan fingerprint density at radius 3 is 2.26 bits per heavy atom. The molecule has 1 unspecified atom stereocenters. The number of benzene rings is 2. The van der Waals surface area contributed by atoms with Gasteiger partial charge in [0.15, 0.2) is 11.9 Å². The monoisotopic (exact) mass is 484 g/mol. The van der Waals surface area contributed by atoms with Gasteiger partial charge in [0, 0.05) is 23.9 Å². The van der Waals surface area contributed by atoms with Gasteiger partial charge in [0.2, 0.25) is 5.89 Å². The minimum atomic E-state index is -1.64. The smallest absolute Gasteiger partial charge is 0.255 e. The number of aliphatic hydroxyl groups is 2. The molecule has 4 aromatic rings. The van der Waals surface area contributed by atoms with Crippen LogP contribution in [0.5, 0.6) is 0 Å². The van der Waals surface area contributed by atoms with Crippen LogP contribution in [0.4, 0.5) is 13.2 Å². The summed E-state index contributed by atoms with van der Waals surface area (Å²) in [6, 6.07) is 8.20. The fourth-order valence-corrected chi connectivity index (χ4v) is 3.89. The van der Waals surface area contributed by atoms with Gasteiger partial charge in [-0.15, -0.1) is 0 Å². The second-order valence-corrected chi connectivity index (χ2v) is 8.92. The predicted octanol–water partition coefficient (Wildman–Crippen LogP) is 5.00. The zero-order valence-corrected chi connectivity index (χ0v) is 19.4. The summed E-state index contributed by atoms with van der Waals surface area (Å²) in [4.78, 5) is 17.0. The summed E-state index contributed by atoms with van der Waals surface area (Å²) >= 11 is 0. The molecule has 2 N–H and O–H groups in total. The summed E-state index contributed by atoms with van der Waals surface area (Å²) < 4.78 is 49.1. The Morgan fingerprint density at radius 2 is 1.66 bits per heavy atom. The lowest BCUT2D eigenvalue weighted by Gasteiger charge is -2.21. The molecule has 0 bridgehead atoms. The van der Waals surface area contributed by atoms with E-state index in [1.807, 2.05) is 0 Å². The fourth-order valence-electron chi connectivity index (χ4n) is 3.89. The van der Waals surface area contributed by atoms with Crippen LogP contribution in [-0.2, 0) is 0 Å². The molecule has 35 heavy (non-hydrogen) atoms. The number of oxazole rings is 1. The minimum Gasteiger partial charge on any atom is -0.437 e. The van der Waals surface area contributed by atoms with E-state index in [1.165, 1.54) is 54.9 Å². The molecule has 4 rings (SSSR count). The Hall–Kier alpha value is -3.69. The second-order valence-electron chi connectivity index (χ2n) is 8.92. The summed E-state index contributed by atoms with van der Waals surface area (Å²) in [5.41, 5.74) is -0.301.